The number of aryl methyl sites for hydroxylation is 1. The molecule has 122 valence electrons. The first-order valence-electron chi connectivity index (χ1n) is 8.05. The summed E-state index contributed by atoms with van der Waals surface area (Å²) in [7, 11) is 0. The maximum Gasteiger partial charge on any atom is 0.0711 e. The monoisotopic (exact) mass is 451 g/mol. The summed E-state index contributed by atoms with van der Waals surface area (Å²) < 4.78 is 2.16. The molecule has 4 aromatic rings. The van der Waals surface area contributed by atoms with Gasteiger partial charge in [0.2, 0.25) is 0 Å². The first kappa shape index (κ1) is 16.5. The molecule has 0 aliphatic heterocycles. The summed E-state index contributed by atoms with van der Waals surface area (Å²) in [6, 6.07) is 25.3. The molecule has 0 bridgehead atoms. The van der Waals surface area contributed by atoms with E-state index in [1.807, 2.05) is 6.07 Å². The van der Waals surface area contributed by atoms with Gasteiger partial charge in [0.25, 0.3) is 0 Å². The Morgan fingerprint density at radius 3 is 1.76 bits per heavy atom. The molecule has 0 spiro atoms. The fourth-order valence-corrected chi connectivity index (χ4v) is 3.75. The summed E-state index contributed by atoms with van der Waals surface area (Å²) in [5, 5.41) is 1.17. The Labute approximate surface area is 164 Å². The Hall–Kier alpha value is -1.97. The molecule has 0 atom stereocenters. The number of hydrogen-bond acceptors (Lipinski definition) is 1. The lowest BCUT2D eigenvalue weighted by atomic mass is 9.90. The van der Waals surface area contributed by atoms with Crippen LogP contribution in [0.5, 0.6) is 0 Å². The van der Waals surface area contributed by atoms with Crippen molar-refractivity contribution in [2.75, 3.05) is 0 Å². The second kappa shape index (κ2) is 6.74. The van der Waals surface area contributed by atoms with E-state index >= 15 is 0 Å². The highest BCUT2D eigenvalue weighted by atomic mass is 79.9. The van der Waals surface area contributed by atoms with Gasteiger partial charge in [-0.15, -0.1) is 0 Å². The summed E-state index contributed by atoms with van der Waals surface area (Å²) in [6.45, 7) is 2.09. The van der Waals surface area contributed by atoms with E-state index in [4.69, 9.17) is 4.98 Å². The minimum absolute atomic E-state index is 1.03. The third-order valence-corrected chi connectivity index (χ3v) is 5.40. The van der Waals surface area contributed by atoms with Crippen LogP contribution in [0.15, 0.2) is 81.7 Å². The van der Waals surface area contributed by atoms with Gasteiger partial charge in [-0.1, -0.05) is 74.3 Å². The van der Waals surface area contributed by atoms with E-state index in [9.17, 15) is 0 Å². The molecule has 1 aromatic heterocycles. The predicted octanol–water partition coefficient (Wildman–Crippen LogP) is 7.40. The van der Waals surface area contributed by atoms with Crippen molar-refractivity contribution >= 4 is 42.8 Å². The van der Waals surface area contributed by atoms with Gasteiger partial charge in [-0.2, -0.15) is 0 Å². The van der Waals surface area contributed by atoms with Gasteiger partial charge in [0, 0.05) is 31.2 Å². The zero-order valence-electron chi connectivity index (χ0n) is 13.6. The van der Waals surface area contributed by atoms with Gasteiger partial charge in [-0.05, 0) is 48.4 Å². The molecule has 3 aromatic carbocycles. The zero-order chi connectivity index (χ0) is 17.4. The van der Waals surface area contributed by atoms with Crippen LogP contribution in [-0.4, -0.2) is 4.98 Å². The van der Waals surface area contributed by atoms with E-state index in [0.29, 0.717) is 0 Å². The van der Waals surface area contributed by atoms with Gasteiger partial charge in [0.05, 0.1) is 5.52 Å². The molecule has 25 heavy (non-hydrogen) atoms. The fraction of sp³-hybridized carbons (Fsp3) is 0.0455. The van der Waals surface area contributed by atoms with Crippen molar-refractivity contribution in [3.8, 4) is 22.3 Å². The van der Waals surface area contributed by atoms with Crippen molar-refractivity contribution in [2.24, 2.45) is 0 Å². The van der Waals surface area contributed by atoms with Crippen LogP contribution >= 0.6 is 31.9 Å². The summed E-state index contributed by atoms with van der Waals surface area (Å²) in [5.41, 5.74) is 6.86. The van der Waals surface area contributed by atoms with E-state index in [2.05, 4.69) is 106 Å². The van der Waals surface area contributed by atoms with Crippen LogP contribution in [0.4, 0.5) is 0 Å². The molecule has 0 unspecified atom stereocenters. The van der Waals surface area contributed by atoms with Crippen LogP contribution in [0.1, 0.15) is 5.69 Å². The second-order valence-corrected chi connectivity index (χ2v) is 7.81. The number of benzene rings is 3. The quantitative estimate of drug-likeness (QED) is 0.308. The number of para-hydroxylation sites is 1. The lowest BCUT2D eigenvalue weighted by Crippen LogP contribution is -1.95. The first-order chi connectivity index (χ1) is 12.1. The Morgan fingerprint density at radius 1 is 0.640 bits per heavy atom. The predicted molar refractivity (Wildman–Crippen MR) is 113 cm³/mol. The number of pyridine rings is 1. The molecule has 0 aliphatic carbocycles. The molecule has 0 saturated heterocycles. The maximum atomic E-state index is 4.86. The molecule has 1 heterocycles. The van der Waals surface area contributed by atoms with Crippen molar-refractivity contribution < 1.29 is 0 Å². The second-order valence-electron chi connectivity index (χ2n) is 5.98. The number of hydrogen-bond donors (Lipinski definition) is 0. The molecular weight excluding hydrogens is 438 g/mol. The number of aromatic nitrogens is 1. The molecule has 0 aliphatic rings. The number of halogens is 2. The van der Waals surface area contributed by atoms with Crippen LogP contribution < -0.4 is 0 Å². The van der Waals surface area contributed by atoms with Gasteiger partial charge in [0.1, 0.15) is 0 Å². The van der Waals surface area contributed by atoms with Crippen LogP contribution in [0.3, 0.4) is 0 Å². The topological polar surface area (TPSA) is 12.9 Å². The van der Waals surface area contributed by atoms with Gasteiger partial charge in [0.15, 0.2) is 0 Å². The average Bonchev–Trinajstić information content (AvgIpc) is 2.62. The number of rotatable bonds is 2. The van der Waals surface area contributed by atoms with Crippen molar-refractivity contribution in [1.82, 2.24) is 4.98 Å². The summed E-state index contributed by atoms with van der Waals surface area (Å²) in [4.78, 5) is 4.86. The molecule has 0 amide bonds. The largest absolute Gasteiger partial charge is 0.252 e. The molecule has 0 saturated carbocycles. The van der Waals surface area contributed by atoms with Gasteiger partial charge in [-0.25, -0.2) is 0 Å². The summed E-state index contributed by atoms with van der Waals surface area (Å²) in [5.74, 6) is 0. The average molecular weight is 453 g/mol. The lowest BCUT2D eigenvalue weighted by Gasteiger charge is -2.16. The number of nitrogens with zero attached hydrogens (tertiary/aromatic N) is 1. The Morgan fingerprint density at radius 2 is 1.16 bits per heavy atom. The molecular formula is C22H15Br2N. The molecule has 0 N–H and O–H groups in total. The highest BCUT2D eigenvalue weighted by molar-refractivity contribution is 9.10. The Bertz CT molecular complexity index is 1050. The molecule has 4 rings (SSSR count). The van der Waals surface area contributed by atoms with E-state index in [1.54, 1.807) is 0 Å². The highest BCUT2D eigenvalue weighted by Gasteiger charge is 2.16. The highest BCUT2D eigenvalue weighted by Crippen LogP contribution is 2.39. The van der Waals surface area contributed by atoms with Crippen molar-refractivity contribution in [3.05, 3.63) is 87.4 Å². The van der Waals surface area contributed by atoms with Gasteiger partial charge in [-0.3, -0.25) is 4.98 Å². The standard InChI is InChI=1S/C22H15Br2N/c1-14-21(15-6-10-17(23)11-7-15)22(16-8-12-18(24)13-9-16)19-4-2-3-5-20(19)25-14/h2-13H,1H3. The normalized spacial score (nSPS) is 11.0. The SMILES string of the molecule is Cc1nc2ccccc2c(-c2ccc(Br)cc2)c1-c1ccc(Br)cc1. The van der Waals surface area contributed by atoms with Crippen LogP contribution in [0.2, 0.25) is 0 Å². The van der Waals surface area contributed by atoms with Crippen LogP contribution in [0, 0.1) is 6.92 Å². The Balaban J connectivity index is 2.10. The lowest BCUT2D eigenvalue weighted by molar-refractivity contribution is 1.26. The first-order valence-corrected chi connectivity index (χ1v) is 9.63. The van der Waals surface area contributed by atoms with E-state index in [0.717, 1.165) is 20.2 Å². The minimum atomic E-state index is 1.03. The van der Waals surface area contributed by atoms with Gasteiger partial charge < -0.3 is 0 Å². The van der Waals surface area contributed by atoms with E-state index in [1.165, 1.54) is 27.6 Å². The van der Waals surface area contributed by atoms with E-state index in [-0.39, 0.29) is 0 Å². The maximum absolute atomic E-state index is 4.86. The molecule has 0 radical (unpaired) electrons. The molecule has 0 fully saturated rings. The zero-order valence-corrected chi connectivity index (χ0v) is 16.8. The third-order valence-electron chi connectivity index (χ3n) is 4.34. The van der Waals surface area contributed by atoms with Crippen molar-refractivity contribution in [3.63, 3.8) is 0 Å². The Kier molecular flexibility index (Phi) is 4.45. The smallest absolute Gasteiger partial charge is 0.0711 e. The van der Waals surface area contributed by atoms with Crippen molar-refractivity contribution in [2.45, 2.75) is 6.92 Å². The van der Waals surface area contributed by atoms with Gasteiger partial charge >= 0.3 is 0 Å². The fourth-order valence-electron chi connectivity index (χ4n) is 3.22. The molecule has 3 heteroatoms. The minimum Gasteiger partial charge on any atom is -0.252 e. The van der Waals surface area contributed by atoms with Crippen molar-refractivity contribution in [1.29, 1.82) is 0 Å². The molecule has 1 nitrogen and oxygen atoms in total. The van der Waals surface area contributed by atoms with E-state index < -0.39 is 0 Å². The third kappa shape index (κ3) is 3.14. The summed E-state index contributed by atoms with van der Waals surface area (Å²) in [6.07, 6.45) is 0. The summed E-state index contributed by atoms with van der Waals surface area (Å²) >= 11 is 7.06. The number of fused-ring (bicyclic) bond motifs is 1. The van der Waals surface area contributed by atoms with Crippen LogP contribution in [0.25, 0.3) is 33.2 Å². The van der Waals surface area contributed by atoms with Crippen LogP contribution in [-0.2, 0) is 0 Å².